The second kappa shape index (κ2) is 7.04. The number of hydrogen-bond donors (Lipinski definition) is 0. The van der Waals surface area contributed by atoms with Gasteiger partial charge in [0.25, 0.3) is 0 Å². The number of nitrogens with zero attached hydrogens (tertiary/aromatic N) is 1. The van der Waals surface area contributed by atoms with Crippen LogP contribution >= 0.6 is 0 Å². The van der Waals surface area contributed by atoms with Crippen molar-refractivity contribution in [3.63, 3.8) is 0 Å². The molecule has 0 spiro atoms. The summed E-state index contributed by atoms with van der Waals surface area (Å²) >= 11 is 0. The highest BCUT2D eigenvalue weighted by molar-refractivity contribution is 5.87. The van der Waals surface area contributed by atoms with E-state index in [1.165, 1.54) is 33.0 Å². The van der Waals surface area contributed by atoms with Crippen LogP contribution in [0, 0.1) is 13.8 Å². The third kappa shape index (κ3) is 3.28. The minimum Gasteiger partial charge on any atom is -0.496 e. The summed E-state index contributed by atoms with van der Waals surface area (Å²) in [5.74, 6) is 0.979. The van der Waals surface area contributed by atoms with E-state index < -0.39 is 0 Å². The molecule has 1 heterocycles. The first kappa shape index (κ1) is 16.5. The summed E-state index contributed by atoms with van der Waals surface area (Å²) in [6.45, 7) is 6.51. The first-order chi connectivity index (χ1) is 11.6. The van der Waals surface area contributed by atoms with Crippen molar-refractivity contribution in [2.24, 2.45) is 0 Å². The molecule has 24 heavy (non-hydrogen) atoms. The van der Waals surface area contributed by atoms with E-state index in [0.717, 1.165) is 30.7 Å². The van der Waals surface area contributed by atoms with Crippen molar-refractivity contribution in [2.75, 3.05) is 7.11 Å². The van der Waals surface area contributed by atoms with E-state index in [2.05, 4.69) is 62.2 Å². The van der Waals surface area contributed by atoms with Crippen LogP contribution in [0.4, 0.5) is 0 Å². The highest BCUT2D eigenvalue weighted by Gasteiger charge is 2.10. The number of rotatable bonds is 5. The Hall–Kier alpha value is -2.35. The van der Waals surface area contributed by atoms with E-state index >= 15 is 0 Å². The number of aromatic nitrogens is 1. The Balaban J connectivity index is 2.06. The highest BCUT2D eigenvalue weighted by Crippen LogP contribution is 2.29. The highest BCUT2D eigenvalue weighted by atomic mass is 16.5. The summed E-state index contributed by atoms with van der Waals surface area (Å²) < 4.78 is 5.57. The third-order valence-electron chi connectivity index (χ3n) is 4.71. The van der Waals surface area contributed by atoms with Crippen molar-refractivity contribution in [1.29, 1.82) is 0 Å². The van der Waals surface area contributed by atoms with E-state index in [0.29, 0.717) is 0 Å². The number of pyridine rings is 1. The van der Waals surface area contributed by atoms with Crippen molar-refractivity contribution >= 4 is 10.8 Å². The lowest BCUT2D eigenvalue weighted by molar-refractivity contribution is 0.410. The predicted molar refractivity (Wildman–Crippen MR) is 101 cm³/mol. The second-order valence-electron chi connectivity index (χ2n) is 6.49. The molecule has 0 fully saturated rings. The van der Waals surface area contributed by atoms with Gasteiger partial charge < -0.3 is 4.74 Å². The molecule has 0 saturated carbocycles. The van der Waals surface area contributed by atoms with Gasteiger partial charge >= 0.3 is 0 Å². The standard InChI is InChI=1S/C22H25NO/c1-5-6-19-13-20-18(14-22(19)24-4)9-10-23-21(20)12-17-8-7-15(2)16(3)11-17/h7-11,13-14H,5-6,12H2,1-4H3. The van der Waals surface area contributed by atoms with Crippen molar-refractivity contribution in [3.05, 3.63) is 70.5 Å². The molecule has 0 unspecified atom stereocenters. The first-order valence-electron chi connectivity index (χ1n) is 8.63. The average Bonchev–Trinajstić information content (AvgIpc) is 2.58. The zero-order valence-electron chi connectivity index (χ0n) is 15.0. The maximum atomic E-state index is 5.57. The van der Waals surface area contributed by atoms with Gasteiger partial charge in [0.2, 0.25) is 0 Å². The Bertz CT molecular complexity index is 867. The van der Waals surface area contributed by atoms with E-state index in [-0.39, 0.29) is 0 Å². The largest absolute Gasteiger partial charge is 0.496 e. The monoisotopic (exact) mass is 319 g/mol. The first-order valence-corrected chi connectivity index (χ1v) is 8.63. The van der Waals surface area contributed by atoms with Crippen LogP contribution in [0.25, 0.3) is 10.8 Å². The van der Waals surface area contributed by atoms with Crippen LogP contribution in [-0.4, -0.2) is 12.1 Å². The Morgan fingerprint density at radius 1 is 1.00 bits per heavy atom. The molecule has 0 amide bonds. The van der Waals surface area contributed by atoms with Crippen molar-refractivity contribution in [3.8, 4) is 5.75 Å². The Morgan fingerprint density at radius 2 is 1.83 bits per heavy atom. The van der Waals surface area contributed by atoms with Gasteiger partial charge in [0, 0.05) is 18.0 Å². The van der Waals surface area contributed by atoms with Gasteiger partial charge in [0.05, 0.1) is 12.8 Å². The smallest absolute Gasteiger partial charge is 0.122 e. The summed E-state index contributed by atoms with van der Waals surface area (Å²) in [6, 6.07) is 13.2. The summed E-state index contributed by atoms with van der Waals surface area (Å²) in [4.78, 5) is 4.67. The summed E-state index contributed by atoms with van der Waals surface area (Å²) in [6.07, 6.45) is 4.89. The molecule has 0 radical (unpaired) electrons. The third-order valence-corrected chi connectivity index (χ3v) is 4.71. The van der Waals surface area contributed by atoms with E-state index in [4.69, 9.17) is 4.74 Å². The summed E-state index contributed by atoms with van der Waals surface area (Å²) in [5.41, 5.74) is 6.38. The van der Waals surface area contributed by atoms with Crippen LogP contribution in [-0.2, 0) is 12.8 Å². The van der Waals surface area contributed by atoms with Gasteiger partial charge in [-0.3, -0.25) is 4.98 Å². The number of benzene rings is 2. The molecule has 0 atom stereocenters. The number of aryl methyl sites for hydroxylation is 3. The van der Waals surface area contributed by atoms with E-state index in [1.54, 1.807) is 7.11 Å². The molecule has 0 bridgehead atoms. The molecule has 3 aromatic rings. The molecule has 0 aliphatic heterocycles. The molecule has 0 aliphatic carbocycles. The second-order valence-corrected chi connectivity index (χ2v) is 6.49. The summed E-state index contributed by atoms with van der Waals surface area (Å²) in [7, 11) is 1.75. The van der Waals surface area contributed by atoms with Gasteiger partial charge in [-0.2, -0.15) is 0 Å². The SMILES string of the molecule is CCCc1cc2c(Cc3ccc(C)c(C)c3)nccc2cc1OC. The fourth-order valence-corrected chi connectivity index (χ4v) is 3.21. The Labute approximate surface area is 144 Å². The van der Waals surface area contributed by atoms with Crippen LogP contribution in [0.2, 0.25) is 0 Å². The van der Waals surface area contributed by atoms with Crippen LogP contribution in [0.1, 0.15) is 41.3 Å². The van der Waals surface area contributed by atoms with Gasteiger partial charge in [0.1, 0.15) is 5.75 Å². The minimum absolute atomic E-state index is 0.857. The summed E-state index contributed by atoms with van der Waals surface area (Å²) in [5, 5.41) is 2.43. The van der Waals surface area contributed by atoms with Gasteiger partial charge in [-0.05, 0) is 66.1 Å². The predicted octanol–water partition coefficient (Wildman–Crippen LogP) is 5.40. The zero-order chi connectivity index (χ0) is 17.1. The van der Waals surface area contributed by atoms with Gasteiger partial charge in [-0.25, -0.2) is 0 Å². The quantitative estimate of drug-likeness (QED) is 0.628. The molecule has 0 aliphatic rings. The maximum Gasteiger partial charge on any atom is 0.122 e. The molecule has 2 aromatic carbocycles. The molecule has 2 nitrogen and oxygen atoms in total. The number of methoxy groups -OCH3 is 1. The number of ether oxygens (including phenoxy) is 1. The fourth-order valence-electron chi connectivity index (χ4n) is 3.21. The van der Waals surface area contributed by atoms with Crippen LogP contribution in [0.5, 0.6) is 5.75 Å². The van der Waals surface area contributed by atoms with Crippen molar-refractivity contribution < 1.29 is 4.74 Å². The van der Waals surface area contributed by atoms with Crippen molar-refractivity contribution in [2.45, 2.75) is 40.0 Å². The average molecular weight is 319 g/mol. The van der Waals surface area contributed by atoms with E-state index in [9.17, 15) is 0 Å². The lowest BCUT2D eigenvalue weighted by Crippen LogP contribution is -1.98. The maximum absolute atomic E-state index is 5.57. The minimum atomic E-state index is 0.857. The van der Waals surface area contributed by atoms with Crippen LogP contribution < -0.4 is 4.74 Å². The van der Waals surface area contributed by atoms with Gasteiger partial charge in [0.15, 0.2) is 0 Å². The molecular formula is C22H25NO. The Kier molecular flexibility index (Phi) is 4.84. The molecule has 1 aromatic heterocycles. The topological polar surface area (TPSA) is 22.1 Å². The van der Waals surface area contributed by atoms with Gasteiger partial charge in [-0.15, -0.1) is 0 Å². The molecule has 0 N–H and O–H groups in total. The zero-order valence-corrected chi connectivity index (χ0v) is 15.0. The van der Waals surface area contributed by atoms with Crippen LogP contribution in [0.3, 0.4) is 0 Å². The lowest BCUT2D eigenvalue weighted by Gasteiger charge is -2.12. The molecular weight excluding hydrogens is 294 g/mol. The number of hydrogen-bond acceptors (Lipinski definition) is 2. The van der Waals surface area contributed by atoms with E-state index in [1.807, 2.05) is 6.20 Å². The van der Waals surface area contributed by atoms with Crippen molar-refractivity contribution in [1.82, 2.24) is 4.98 Å². The molecule has 0 saturated heterocycles. The molecule has 3 rings (SSSR count). The Morgan fingerprint density at radius 3 is 2.54 bits per heavy atom. The normalized spacial score (nSPS) is 11.0. The molecule has 2 heteroatoms. The fraction of sp³-hybridized carbons (Fsp3) is 0.318. The molecule has 124 valence electrons. The van der Waals surface area contributed by atoms with Gasteiger partial charge in [-0.1, -0.05) is 31.5 Å². The number of fused-ring (bicyclic) bond motifs is 1. The van der Waals surface area contributed by atoms with Crippen LogP contribution in [0.15, 0.2) is 42.6 Å². The lowest BCUT2D eigenvalue weighted by atomic mass is 9.98.